The third kappa shape index (κ3) is 8.10. The van der Waals surface area contributed by atoms with Crippen LogP contribution in [0.15, 0.2) is 54.6 Å². The number of unbranched alkanes of at least 4 members (excludes halogenated alkanes) is 7. The lowest BCUT2D eigenvalue weighted by atomic mass is 9.88. The summed E-state index contributed by atoms with van der Waals surface area (Å²) in [5, 5.41) is 1.11. The molecule has 2 rings (SSSR count). The van der Waals surface area contributed by atoms with Crippen molar-refractivity contribution in [1.82, 2.24) is 0 Å². The molecule has 0 aliphatic heterocycles. The van der Waals surface area contributed by atoms with Gasteiger partial charge in [-0.05, 0) is 37.5 Å². The standard InChI is InChI=1S/C25H35BrO3/c1-2-28-24(27)25(29-21-13-8-6-4-3-5-7-12-20-26)18-16-23(17-19-25)22-14-10-9-11-15-22/h9-11,14-19,23H,2-8,12-13,20-21H2,1H3. The quantitative estimate of drug-likeness (QED) is 0.133. The maximum absolute atomic E-state index is 12.6. The summed E-state index contributed by atoms with van der Waals surface area (Å²) in [5.74, 6) is -0.169. The summed E-state index contributed by atoms with van der Waals surface area (Å²) in [4.78, 5) is 12.6. The fourth-order valence-corrected chi connectivity index (χ4v) is 3.94. The van der Waals surface area contributed by atoms with Gasteiger partial charge >= 0.3 is 5.97 Å². The summed E-state index contributed by atoms with van der Waals surface area (Å²) in [5.41, 5.74) is 0.116. The minimum absolute atomic E-state index is 0.159. The van der Waals surface area contributed by atoms with Crippen molar-refractivity contribution in [3.63, 3.8) is 0 Å². The van der Waals surface area contributed by atoms with Crippen molar-refractivity contribution in [3.05, 3.63) is 60.2 Å². The molecule has 0 N–H and O–H groups in total. The number of allylic oxidation sites excluding steroid dienone is 2. The maximum atomic E-state index is 12.6. The van der Waals surface area contributed by atoms with Gasteiger partial charge < -0.3 is 9.47 Å². The van der Waals surface area contributed by atoms with Gasteiger partial charge in [-0.15, -0.1) is 0 Å². The van der Waals surface area contributed by atoms with E-state index in [9.17, 15) is 4.79 Å². The first kappa shape index (κ1) is 23.9. The molecule has 1 aromatic rings. The fourth-order valence-electron chi connectivity index (χ4n) is 3.54. The Hall–Kier alpha value is -1.39. The number of ether oxygens (including phenoxy) is 2. The van der Waals surface area contributed by atoms with Crippen molar-refractivity contribution < 1.29 is 14.3 Å². The molecule has 1 aromatic carbocycles. The van der Waals surface area contributed by atoms with Crippen molar-refractivity contribution in [1.29, 1.82) is 0 Å². The summed E-state index contributed by atoms with van der Waals surface area (Å²) in [6.45, 7) is 2.74. The topological polar surface area (TPSA) is 35.5 Å². The van der Waals surface area contributed by atoms with Gasteiger partial charge in [-0.2, -0.15) is 0 Å². The summed E-state index contributed by atoms with van der Waals surface area (Å²) < 4.78 is 11.4. The molecule has 29 heavy (non-hydrogen) atoms. The number of hydrogen-bond acceptors (Lipinski definition) is 3. The average molecular weight is 463 g/mol. The van der Waals surface area contributed by atoms with Crippen molar-refractivity contribution >= 4 is 21.9 Å². The van der Waals surface area contributed by atoms with E-state index in [0.29, 0.717) is 13.2 Å². The summed E-state index contributed by atoms with van der Waals surface area (Å²) in [6, 6.07) is 10.3. The molecular weight excluding hydrogens is 428 g/mol. The van der Waals surface area contributed by atoms with E-state index in [4.69, 9.17) is 9.47 Å². The molecule has 160 valence electrons. The van der Waals surface area contributed by atoms with E-state index < -0.39 is 5.60 Å². The van der Waals surface area contributed by atoms with Crippen molar-refractivity contribution in [2.75, 3.05) is 18.5 Å². The van der Waals surface area contributed by atoms with Crippen LogP contribution in [0.25, 0.3) is 0 Å². The van der Waals surface area contributed by atoms with Gasteiger partial charge in [-0.3, -0.25) is 0 Å². The number of benzene rings is 1. The molecule has 4 heteroatoms. The molecule has 0 bridgehead atoms. The van der Waals surface area contributed by atoms with Gasteiger partial charge in [0.1, 0.15) is 0 Å². The Bertz CT molecular complexity index is 625. The van der Waals surface area contributed by atoms with Crippen LogP contribution in [0.5, 0.6) is 0 Å². The predicted octanol–water partition coefficient (Wildman–Crippen LogP) is 6.73. The zero-order valence-corrected chi connectivity index (χ0v) is 19.2. The van der Waals surface area contributed by atoms with Gasteiger partial charge in [-0.1, -0.05) is 96.9 Å². The third-order valence-electron chi connectivity index (χ3n) is 5.25. The van der Waals surface area contributed by atoms with Gasteiger partial charge in [0.2, 0.25) is 5.60 Å². The molecule has 1 aliphatic rings. The van der Waals surface area contributed by atoms with Crippen LogP contribution in [-0.4, -0.2) is 30.1 Å². The van der Waals surface area contributed by atoms with E-state index in [-0.39, 0.29) is 11.9 Å². The molecule has 0 saturated carbocycles. The molecule has 0 saturated heterocycles. The molecular formula is C25H35BrO3. The van der Waals surface area contributed by atoms with Crippen molar-refractivity contribution in [2.24, 2.45) is 0 Å². The highest BCUT2D eigenvalue weighted by molar-refractivity contribution is 9.09. The Balaban J connectivity index is 1.79. The molecule has 0 spiro atoms. The molecule has 0 aromatic heterocycles. The Morgan fingerprint density at radius 1 is 0.931 bits per heavy atom. The van der Waals surface area contributed by atoms with E-state index in [1.807, 2.05) is 49.4 Å². The Kier molecular flexibility index (Phi) is 11.3. The minimum atomic E-state index is -1.09. The first-order valence-corrected chi connectivity index (χ1v) is 12.1. The highest BCUT2D eigenvalue weighted by Crippen LogP contribution is 2.30. The molecule has 0 radical (unpaired) electrons. The van der Waals surface area contributed by atoms with Crippen LogP contribution in [0.4, 0.5) is 0 Å². The Morgan fingerprint density at radius 2 is 1.52 bits per heavy atom. The van der Waals surface area contributed by atoms with Gasteiger partial charge in [0, 0.05) is 17.9 Å². The Morgan fingerprint density at radius 3 is 2.10 bits per heavy atom. The van der Waals surface area contributed by atoms with Gasteiger partial charge in [-0.25, -0.2) is 4.79 Å². The molecule has 0 amide bonds. The number of hydrogen-bond donors (Lipinski definition) is 0. The second kappa shape index (κ2) is 13.8. The van der Waals surface area contributed by atoms with Crippen LogP contribution in [0.1, 0.15) is 69.8 Å². The SMILES string of the molecule is CCOC(=O)C1(OCCCCCCCCCCBr)C=CC(c2ccccc2)C=C1. The number of carbonyl (C=O) groups excluding carboxylic acids is 1. The summed E-state index contributed by atoms with van der Waals surface area (Å²) >= 11 is 3.48. The second-order valence-electron chi connectivity index (χ2n) is 7.53. The van der Waals surface area contributed by atoms with Crippen LogP contribution >= 0.6 is 15.9 Å². The lowest BCUT2D eigenvalue weighted by Gasteiger charge is -2.29. The first-order valence-electron chi connectivity index (χ1n) is 11.0. The predicted molar refractivity (Wildman–Crippen MR) is 124 cm³/mol. The first-order chi connectivity index (χ1) is 14.2. The lowest BCUT2D eigenvalue weighted by Crippen LogP contribution is -2.41. The fraction of sp³-hybridized carbons (Fsp3) is 0.560. The monoisotopic (exact) mass is 462 g/mol. The molecule has 3 nitrogen and oxygen atoms in total. The highest BCUT2D eigenvalue weighted by atomic mass is 79.9. The second-order valence-corrected chi connectivity index (χ2v) is 8.33. The zero-order chi connectivity index (χ0) is 20.8. The normalized spacial score (nSPS) is 20.7. The zero-order valence-electron chi connectivity index (χ0n) is 17.7. The number of alkyl halides is 1. The number of carbonyl (C=O) groups is 1. The van der Waals surface area contributed by atoms with Gasteiger partial charge in [0.05, 0.1) is 6.61 Å². The Labute approximate surface area is 184 Å². The number of rotatable bonds is 14. The summed E-state index contributed by atoms with van der Waals surface area (Å²) in [6.07, 6.45) is 17.7. The van der Waals surface area contributed by atoms with Gasteiger partial charge in [0.15, 0.2) is 0 Å². The van der Waals surface area contributed by atoms with E-state index >= 15 is 0 Å². The third-order valence-corrected chi connectivity index (χ3v) is 5.81. The van der Waals surface area contributed by atoms with Crippen LogP contribution in [0.3, 0.4) is 0 Å². The highest BCUT2D eigenvalue weighted by Gasteiger charge is 2.38. The van der Waals surface area contributed by atoms with Gasteiger partial charge in [0.25, 0.3) is 0 Å². The van der Waals surface area contributed by atoms with E-state index in [1.54, 1.807) is 0 Å². The minimum Gasteiger partial charge on any atom is -0.463 e. The molecule has 0 heterocycles. The molecule has 0 fully saturated rings. The number of esters is 1. The smallest absolute Gasteiger partial charge is 0.346 e. The van der Waals surface area contributed by atoms with E-state index in [0.717, 1.165) is 18.2 Å². The molecule has 0 atom stereocenters. The molecule has 1 aliphatic carbocycles. The van der Waals surface area contributed by atoms with Crippen LogP contribution in [0.2, 0.25) is 0 Å². The van der Waals surface area contributed by atoms with Crippen molar-refractivity contribution in [3.8, 4) is 0 Å². The van der Waals surface area contributed by atoms with Crippen LogP contribution in [-0.2, 0) is 14.3 Å². The average Bonchev–Trinajstić information content (AvgIpc) is 2.76. The van der Waals surface area contributed by atoms with Crippen LogP contribution in [0, 0.1) is 0 Å². The van der Waals surface area contributed by atoms with Crippen LogP contribution < -0.4 is 0 Å². The van der Waals surface area contributed by atoms with E-state index in [2.05, 4.69) is 28.1 Å². The lowest BCUT2D eigenvalue weighted by molar-refractivity contribution is -0.160. The molecule has 0 unspecified atom stereocenters. The van der Waals surface area contributed by atoms with Crippen molar-refractivity contribution in [2.45, 2.75) is 69.8 Å². The maximum Gasteiger partial charge on any atom is 0.346 e. The number of halogens is 1. The largest absolute Gasteiger partial charge is 0.463 e. The van der Waals surface area contributed by atoms with E-state index in [1.165, 1.54) is 44.1 Å². The summed E-state index contributed by atoms with van der Waals surface area (Å²) in [7, 11) is 0.